The van der Waals surface area contributed by atoms with E-state index in [4.69, 9.17) is 14.2 Å². The van der Waals surface area contributed by atoms with Crippen molar-refractivity contribution in [2.24, 2.45) is 0 Å². The summed E-state index contributed by atoms with van der Waals surface area (Å²) >= 11 is 0. The van der Waals surface area contributed by atoms with Gasteiger partial charge in [0, 0.05) is 13.0 Å². The number of carbonyl (C=O) groups excluding carboxylic acids is 2. The summed E-state index contributed by atoms with van der Waals surface area (Å²) in [5, 5.41) is 32.3. The summed E-state index contributed by atoms with van der Waals surface area (Å²) in [7, 11) is 2.68. The molecule has 1 aliphatic rings. The zero-order valence-corrected chi connectivity index (χ0v) is 16.3. The van der Waals surface area contributed by atoms with E-state index in [0.717, 1.165) is 0 Å². The van der Waals surface area contributed by atoms with Crippen LogP contribution in [0.4, 0.5) is 0 Å². The van der Waals surface area contributed by atoms with Crippen molar-refractivity contribution in [1.29, 1.82) is 0 Å². The average molecular weight is 411 g/mol. The fourth-order valence-corrected chi connectivity index (χ4v) is 2.81. The molecule has 5 atom stereocenters. The Labute approximate surface area is 167 Å². The molecule has 10 heteroatoms. The molecule has 0 spiro atoms. The van der Waals surface area contributed by atoms with Gasteiger partial charge in [0.2, 0.25) is 12.2 Å². The highest BCUT2D eigenvalue weighted by Crippen LogP contribution is 2.32. The minimum absolute atomic E-state index is 0.225. The number of aliphatic hydroxyl groups excluding tert-OH is 3. The number of nitrogens with one attached hydrogen (secondary N) is 1. The van der Waals surface area contributed by atoms with Crippen molar-refractivity contribution in [3.05, 3.63) is 29.8 Å². The molecule has 0 radical (unpaired) electrons. The number of carbonyl (C=O) groups is 2. The van der Waals surface area contributed by atoms with Crippen LogP contribution in [0.5, 0.6) is 11.5 Å². The van der Waals surface area contributed by atoms with E-state index in [1.54, 1.807) is 18.2 Å². The molecule has 160 valence electrons. The maximum Gasteiger partial charge on any atom is 0.330 e. The fraction of sp³-hybridized carbons (Fsp3) is 0.474. The Morgan fingerprint density at radius 3 is 2.52 bits per heavy atom. The lowest BCUT2D eigenvalue weighted by Crippen LogP contribution is -2.65. The van der Waals surface area contributed by atoms with E-state index in [0.29, 0.717) is 11.3 Å². The molecular weight excluding hydrogens is 386 g/mol. The van der Waals surface area contributed by atoms with Crippen molar-refractivity contribution < 1.29 is 43.9 Å². The Hall–Kier alpha value is -2.66. The predicted octanol–water partition coefficient (Wildman–Crippen LogP) is -0.796. The van der Waals surface area contributed by atoms with E-state index in [1.165, 1.54) is 33.3 Å². The van der Waals surface area contributed by atoms with Crippen LogP contribution in [0.25, 0.3) is 6.08 Å². The second kappa shape index (κ2) is 10.2. The third-order valence-electron chi connectivity index (χ3n) is 4.29. The Kier molecular flexibility index (Phi) is 7.97. The summed E-state index contributed by atoms with van der Waals surface area (Å²) in [6.07, 6.45) is -2.38. The van der Waals surface area contributed by atoms with Crippen LogP contribution in [0.15, 0.2) is 24.3 Å². The molecule has 10 nitrogen and oxygen atoms in total. The Morgan fingerprint density at radius 1 is 1.21 bits per heavy atom. The molecule has 1 aromatic rings. The van der Waals surface area contributed by atoms with E-state index >= 15 is 0 Å². The standard InChI is InChI=1S/C19H25NO9/c1-10(22)20-16-18(25)17(24)14(9-21)29-19(16)28-12-6-4-11(8-13(12)26-2)5-7-15(23)27-3/h4-8,14,16-19,21,24-25H,9H2,1-3H3,(H,20,22)/b7-5+/t14-,16+,17+,18+,19-/m1/s1. The molecule has 0 unspecified atom stereocenters. The SMILES string of the molecule is COC(=O)/C=C/c1ccc(O[C@@H]2O[C@H](CO)[C@H](O)[C@@H](O)[C@@H]2NC(C)=O)c(OC)c1. The quantitative estimate of drug-likeness (QED) is 0.335. The van der Waals surface area contributed by atoms with E-state index < -0.39 is 49.1 Å². The van der Waals surface area contributed by atoms with Gasteiger partial charge in [0.1, 0.15) is 24.4 Å². The molecule has 0 aliphatic carbocycles. The molecule has 1 amide bonds. The lowest BCUT2D eigenvalue weighted by Gasteiger charge is -2.42. The third kappa shape index (κ3) is 5.67. The van der Waals surface area contributed by atoms with Crippen molar-refractivity contribution in [3.63, 3.8) is 0 Å². The van der Waals surface area contributed by atoms with E-state index in [2.05, 4.69) is 10.1 Å². The molecular formula is C19H25NO9. The number of esters is 1. The second-order valence-electron chi connectivity index (χ2n) is 6.32. The first-order valence-corrected chi connectivity index (χ1v) is 8.81. The largest absolute Gasteiger partial charge is 0.493 e. The lowest BCUT2D eigenvalue weighted by molar-refractivity contribution is -0.244. The molecule has 4 N–H and O–H groups in total. The Bertz CT molecular complexity index is 751. The van der Waals surface area contributed by atoms with Gasteiger partial charge < -0.3 is 39.6 Å². The maximum absolute atomic E-state index is 11.5. The number of amides is 1. The van der Waals surface area contributed by atoms with Crippen molar-refractivity contribution in [2.45, 2.75) is 37.6 Å². The van der Waals surface area contributed by atoms with Gasteiger partial charge >= 0.3 is 5.97 Å². The Balaban J connectivity index is 2.27. The average Bonchev–Trinajstić information content (AvgIpc) is 2.71. The maximum atomic E-state index is 11.5. The summed E-state index contributed by atoms with van der Waals surface area (Å²) in [6, 6.07) is 3.70. The fourth-order valence-electron chi connectivity index (χ4n) is 2.81. The summed E-state index contributed by atoms with van der Waals surface area (Å²) < 4.78 is 21.2. The number of benzene rings is 1. The zero-order chi connectivity index (χ0) is 21.6. The van der Waals surface area contributed by atoms with E-state index in [1.807, 2.05) is 0 Å². The summed E-state index contributed by atoms with van der Waals surface area (Å²) in [5.74, 6) is -0.455. The molecule has 1 aromatic carbocycles. The number of rotatable bonds is 7. The van der Waals surface area contributed by atoms with Crippen molar-refractivity contribution in [1.82, 2.24) is 5.32 Å². The number of aliphatic hydroxyl groups is 3. The normalized spacial score (nSPS) is 26.8. The Morgan fingerprint density at radius 2 is 1.93 bits per heavy atom. The van der Waals surface area contributed by atoms with Crippen LogP contribution < -0.4 is 14.8 Å². The summed E-state index contributed by atoms with van der Waals surface area (Å²) in [5.41, 5.74) is 0.631. The van der Waals surface area contributed by atoms with Crippen molar-refractivity contribution >= 4 is 18.0 Å². The van der Waals surface area contributed by atoms with E-state index in [9.17, 15) is 24.9 Å². The predicted molar refractivity (Wildman–Crippen MR) is 100 cm³/mol. The molecule has 1 heterocycles. The van der Waals surface area contributed by atoms with Crippen LogP contribution in [0.3, 0.4) is 0 Å². The lowest BCUT2D eigenvalue weighted by atomic mass is 9.97. The number of hydrogen-bond acceptors (Lipinski definition) is 9. The van der Waals surface area contributed by atoms with Gasteiger partial charge in [-0.05, 0) is 23.8 Å². The van der Waals surface area contributed by atoms with Gasteiger partial charge in [-0.3, -0.25) is 4.79 Å². The smallest absolute Gasteiger partial charge is 0.330 e. The van der Waals surface area contributed by atoms with Gasteiger partial charge in [0.15, 0.2) is 11.5 Å². The van der Waals surface area contributed by atoms with Crippen LogP contribution >= 0.6 is 0 Å². The number of hydrogen-bond donors (Lipinski definition) is 4. The van der Waals surface area contributed by atoms with Crippen molar-refractivity contribution in [2.75, 3.05) is 20.8 Å². The topological polar surface area (TPSA) is 144 Å². The molecule has 1 fully saturated rings. The van der Waals surface area contributed by atoms with Crippen LogP contribution in [0.1, 0.15) is 12.5 Å². The van der Waals surface area contributed by atoms with Crippen LogP contribution in [0.2, 0.25) is 0 Å². The molecule has 1 saturated heterocycles. The zero-order valence-electron chi connectivity index (χ0n) is 16.3. The summed E-state index contributed by atoms with van der Waals surface area (Å²) in [4.78, 5) is 22.7. The highest BCUT2D eigenvalue weighted by molar-refractivity contribution is 5.87. The van der Waals surface area contributed by atoms with Crippen LogP contribution in [-0.4, -0.2) is 78.7 Å². The summed E-state index contributed by atoms with van der Waals surface area (Å²) in [6.45, 7) is 0.691. The van der Waals surface area contributed by atoms with Gasteiger partial charge in [-0.1, -0.05) is 6.07 Å². The number of ether oxygens (including phenoxy) is 4. The molecule has 29 heavy (non-hydrogen) atoms. The minimum atomic E-state index is -1.43. The van der Waals surface area contributed by atoms with Gasteiger partial charge in [-0.2, -0.15) is 0 Å². The van der Waals surface area contributed by atoms with Gasteiger partial charge in [-0.25, -0.2) is 4.79 Å². The van der Waals surface area contributed by atoms with E-state index in [-0.39, 0.29) is 5.75 Å². The third-order valence-corrected chi connectivity index (χ3v) is 4.29. The van der Waals surface area contributed by atoms with Crippen molar-refractivity contribution in [3.8, 4) is 11.5 Å². The molecule has 0 bridgehead atoms. The molecule has 0 saturated carbocycles. The van der Waals surface area contributed by atoms with Crippen LogP contribution in [-0.2, 0) is 19.1 Å². The minimum Gasteiger partial charge on any atom is -0.493 e. The molecule has 1 aliphatic heterocycles. The van der Waals surface area contributed by atoms with Gasteiger partial charge in [0.05, 0.1) is 20.8 Å². The first-order chi connectivity index (χ1) is 13.8. The highest BCUT2D eigenvalue weighted by atomic mass is 16.7. The van der Waals surface area contributed by atoms with Gasteiger partial charge in [0.25, 0.3) is 0 Å². The monoisotopic (exact) mass is 411 g/mol. The molecule has 0 aromatic heterocycles. The first-order valence-electron chi connectivity index (χ1n) is 8.81. The van der Waals surface area contributed by atoms with Gasteiger partial charge in [-0.15, -0.1) is 0 Å². The highest BCUT2D eigenvalue weighted by Gasteiger charge is 2.46. The van der Waals surface area contributed by atoms with Crippen LogP contribution in [0, 0.1) is 0 Å². The molecule has 2 rings (SSSR count). The second-order valence-corrected chi connectivity index (χ2v) is 6.32. The number of methoxy groups -OCH3 is 2. The first kappa shape index (κ1) is 22.6.